The fraction of sp³-hybridized carbons (Fsp3) is 0.562. The summed E-state index contributed by atoms with van der Waals surface area (Å²) in [7, 11) is 0. The molecule has 2 N–H and O–H groups in total. The van der Waals surface area contributed by atoms with Gasteiger partial charge in [0.15, 0.2) is 0 Å². The fourth-order valence-corrected chi connectivity index (χ4v) is 2.62. The van der Waals surface area contributed by atoms with Gasteiger partial charge < -0.3 is 15.2 Å². The molecule has 0 saturated heterocycles. The van der Waals surface area contributed by atoms with Crippen LogP contribution in [0.1, 0.15) is 37.7 Å². The molecule has 1 aliphatic rings. The van der Waals surface area contributed by atoms with Gasteiger partial charge in [0, 0.05) is 12.5 Å². The Balaban J connectivity index is 1.71. The summed E-state index contributed by atoms with van der Waals surface area (Å²) in [4.78, 5) is 11.9. The van der Waals surface area contributed by atoms with Crippen LogP contribution in [0.4, 0.5) is 8.78 Å². The normalized spacial score (nSPS) is 21.6. The van der Waals surface area contributed by atoms with Crippen molar-refractivity contribution in [2.75, 3.05) is 0 Å². The molecule has 1 amide bonds. The summed E-state index contributed by atoms with van der Waals surface area (Å²) in [5.74, 6) is 0.0956. The van der Waals surface area contributed by atoms with Gasteiger partial charge in [0.1, 0.15) is 5.75 Å². The molecule has 0 bridgehead atoms. The summed E-state index contributed by atoms with van der Waals surface area (Å²) in [6.45, 7) is -2.83. The van der Waals surface area contributed by atoms with E-state index < -0.39 is 6.61 Å². The minimum atomic E-state index is -2.83. The highest BCUT2D eigenvalue weighted by molar-refractivity contribution is 5.76. The third-order valence-electron chi connectivity index (χ3n) is 3.85. The summed E-state index contributed by atoms with van der Waals surface area (Å²) in [5, 5.41) is 12.4. The van der Waals surface area contributed by atoms with Gasteiger partial charge in [-0.3, -0.25) is 4.79 Å². The first-order valence-corrected chi connectivity index (χ1v) is 7.54. The topological polar surface area (TPSA) is 58.6 Å². The number of aliphatic hydroxyl groups excluding tert-OH is 1. The first-order valence-electron chi connectivity index (χ1n) is 7.54. The number of carbonyl (C=O) groups is 1. The minimum Gasteiger partial charge on any atom is -0.435 e. The van der Waals surface area contributed by atoms with Gasteiger partial charge >= 0.3 is 6.61 Å². The quantitative estimate of drug-likeness (QED) is 0.849. The molecule has 0 heterocycles. The number of halogens is 2. The van der Waals surface area contributed by atoms with E-state index in [2.05, 4.69) is 10.1 Å². The maximum Gasteiger partial charge on any atom is 0.387 e. The van der Waals surface area contributed by atoms with Gasteiger partial charge in [0.2, 0.25) is 5.91 Å². The van der Waals surface area contributed by atoms with Crippen LogP contribution in [0.25, 0.3) is 0 Å². The molecule has 22 heavy (non-hydrogen) atoms. The lowest BCUT2D eigenvalue weighted by atomic mass is 9.93. The van der Waals surface area contributed by atoms with E-state index >= 15 is 0 Å². The van der Waals surface area contributed by atoms with Crippen LogP contribution in [0.3, 0.4) is 0 Å². The van der Waals surface area contributed by atoms with Gasteiger partial charge in [-0.25, -0.2) is 0 Å². The number of benzene rings is 1. The maximum atomic E-state index is 12.0. The molecule has 0 aromatic heterocycles. The second-order valence-corrected chi connectivity index (χ2v) is 5.60. The summed E-state index contributed by atoms with van der Waals surface area (Å²) in [5.41, 5.74) is 0.899. The van der Waals surface area contributed by atoms with Crippen molar-refractivity contribution in [3.63, 3.8) is 0 Å². The Morgan fingerprint density at radius 1 is 1.23 bits per heavy atom. The summed E-state index contributed by atoms with van der Waals surface area (Å²) >= 11 is 0. The number of alkyl halides is 2. The number of amides is 1. The third-order valence-corrected chi connectivity index (χ3v) is 3.85. The molecular weight excluding hydrogens is 292 g/mol. The van der Waals surface area contributed by atoms with Crippen molar-refractivity contribution in [2.45, 2.75) is 57.3 Å². The molecule has 2 rings (SSSR count). The van der Waals surface area contributed by atoms with E-state index in [-0.39, 0.29) is 23.8 Å². The monoisotopic (exact) mass is 313 g/mol. The minimum absolute atomic E-state index is 0.0192. The van der Waals surface area contributed by atoms with Gasteiger partial charge in [-0.05, 0) is 49.8 Å². The van der Waals surface area contributed by atoms with E-state index in [1.54, 1.807) is 12.1 Å². The zero-order valence-electron chi connectivity index (χ0n) is 12.3. The van der Waals surface area contributed by atoms with Crippen molar-refractivity contribution in [1.29, 1.82) is 0 Å². The lowest BCUT2D eigenvalue weighted by Gasteiger charge is -2.26. The van der Waals surface area contributed by atoms with Gasteiger partial charge in [0.25, 0.3) is 0 Å². The van der Waals surface area contributed by atoms with Crippen molar-refractivity contribution in [3.05, 3.63) is 29.8 Å². The predicted octanol–water partition coefficient (Wildman–Crippen LogP) is 2.64. The van der Waals surface area contributed by atoms with E-state index in [4.69, 9.17) is 0 Å². The highest BCUT2D eigenvalue weighted by Gasteiger charge is 2.20. The van der Waals surface area contributed by atoms with E-state index in [0.717, 1.165) is 31.2 Å². The lowest BCUT2D eigenvalue weighted by Crippen LogP contribution is -2.38. The first kappa shape index (κ1) is 16.7. The fourth-order valence-electron chi connectivity index (χ4n) is 2.62. The zero-order valence-corrected chi connectivity index (χ0v) is 12.3. The second-order valence-electron chi connectivity index (χ2n) is 5.60. The SMILES string of the molecule is O=C(CCc1ccc(OC(F)F)cc1)NC1CCC(O)CC1. The molecule has 0 aliphatic heterocycles. The van der Waals surface area contributed by atoms with Crippen LogP contribution in [0.5, 0.6) is 5.75 Å². The summed E-state index contributed by atoms with van der Waals surface area (Å²) in [6, 6.07) is 6.46. The molecule has 1 aromatic carbocycles. The summed E-state index contributed by atoms with van der Waals surface area (Å²) < 4.78 is 28.3. The van der Waals surface area contributed by atoms with Gasteiger partial charge in [0.05, 0.1) is 6.10 Å². The van der Waals surface area contributed by atoms with Crippen molar-refractivity contribution >= 4 is 5.91 Å². The highest BCUT2D eigenvalue weighted by atomic mass is 19.3. The Morgan fingerprint density at radius 2 is 1.86 bits per heavy atom. The number of ether oxygens (including phenoxy) is 1. The second kappa shape index (κ2) is 8.08. The Hall–Kier alpha value is -1.69. The summed E-state index contributed by atoms with van der Waals surface area (Å²) in [6.07, 6.45) is 3.76. The number of carbonyl (C=O) groups excluding carboxylic acids is 1. The number of aryl methyl sites for hydroxylation is 1. The van der Waals surface area contributed by atoms with Crippen molar-refractivity contribution in [3.8, 4) is 5.75 Å². The standard InChI is InChI=1S/C16H21F2NO3/c17-16(18)22-14-8-1-11(2-9-14)3-10-15(21)19-12-4-6-13(20)7-5-12/h1-2,8-9,12-13,16,20H,3-7,10H2,(H,19,21). The third kappa shape index (κ3) is 5.60. The van der Waals surface area contributed by atoms with Crippen LogP contribution >= 0.6 is 0 Å². The van der Waals surface area contributed by atoms with E-state index in [1.165, 1.54) is 12.1 Å². The molecule has 1 saturated carbocycles. The van der Waals surface area contributed by atoms with Crippen molar-refractivity contribution in [1.82, 2.24) is 5.32 Å². The molecule has 4 nitrogen and oxygen atoms in total. The highest BCUT2D eigenvalue weighted by Crippen LogP contribution is 2.19. The Kier molecular flexibility index (Phi) is 6.12. The van der Waals surface area contributed by atoms with Crippen LogP contribution in [0.2, 0.25) is 0 Å². The number of hydrogen-bond acceptors (Lipinski definition) is 3. The zero-order chi connectivity index (χ0) is 15.9. The maximum absolute atomic E-state index is 12.0. The average Bonchev–Trinajstić information content (AvgIpc) is 2.48. The van der Waals surface area contributed by atoms with Gasteiger partial charge in [-0.2, -0.15) is 8.78 Å². The molecule has 0 spiro atoms. The van der Waals surface area contributed by atoms with Crippen LogP contribution in [-0.4, -0.2) is 29.8 Å². The van der Waals surface area contributed by atoms with Crippen molar-refractivity contribution in [2.24, 2.45) is 0 Å². The number of nitrogens with one attached hydrogen (secondary N) is 1. The average molecular weight is 313 g/mol. The number of aliphatic hydroxyl groups is 1. The number of hydrogen-bond donors (Lipinski definition) is 2. The smallest absolute Gasteiger partial charge is 0.387 e. The van der Waals surface area contributed by atoms with E-state index in [1.807, 2.05) is 0 Å². The molecule has 0 radical (unpaired) electrons. The molecular formula is C16H21F2NO3. The van der Waals surface area contributed by atoms with Crippen LogP contribution in [0.15, 0.2) is 24.3 Å². The van der Waals surface area contributed by atoms with Gasteiger partial charge in [-0.1, -0.05) is 12.1 Å². The Labute approximate surface area is 128 Å². The molecule has 122 valence electrons. The molecule has 6 heteroatoms. The lowest BCUT2D eigenvalue weighted by molar-refractivity contribution is -0.122. The molecule has 0 atom stereocenters. The Morgan fingerprint density at radius 3 is 2.45 bits per heavy atom. The Bertz CT molecular complexity index is 471. The largest absolute Gasteiger partial charge is 0.435 e. The molecule has 1 aromatic rings. The molecule has 0 unspecified atom stereocenters. The van der Waals surface area contributed by atoms with Crippen molar-refractivity contribution < 1.29 is 23.4 Å². The van der Waals surface area contributed by atoms with E-state index in [9.17, 15) is 18.7 Å². The number of rotatable bonds is 6. The molecule has 1 fully saturated rings. The van der Waals surface area contributed by atoms with Crippen LogP contribution < -0.4 is 10.1 Å². The van der Waals surface area contributed by atoms with Crippen LogP contribution in [-0.2, 0) is 11.2 Å². The van der Waals surface area contributed by atoms with E-state index in [0.29, 0.717) is 12.8 Å². The first-order chi connectivity index (χ1) is 10.5. The van der Waals surface area contributed by atoms with Gasteiger partial charge in [-0.15, -0.1) is 0 Å². The molecule has 1 aliphatic carbocycles. The predicted molar refractivity (Wildman–Crippen MR) is 77.8 cm³/mol. The van der Waals surface area contributed by atoms with Crippen LogP contribution in [0, 0.1) is 0 Å².